The summed E-state index contributed by atoms with van der Waals surface area (Å²) in [5.74, 6) is -0.0864. The molecule has 15 heteroatoms. The van der Waals surface area contributed by atoms with Crippen LogP contribution in [0.15, 0.2) is 28.6 Å². The van der Waals surface area contributed by atoms with Crippen LogP contribution in [0.2, 0.25) is 0 Å². The SMILES string of the molecule is NC(=O)c1c(Cc2cc(-c3csc4c(=O)cc(N5CCOCC5)sc34)ns2)nc(N[C@H]2CCCC[C@H]2N)n2cnnc12. The summed E-state index contributed by atoms with van der Waals surface area (Å²) in [5.41, 5.74) is 15.1. The van der Waals surface area contributed by atoms with Gasteiger partial charge in [-0.05, 0) is 30.4 Å². The number of amides is 1. The zero-order valence-electron chi connectivity index (χ0n) is 22.6. The fourth-order valence-electron chi connectivity index (χ4n) is 5.65. The van der Waals surface area contributed by atoms with Crippen LogP contribution in [0.5, 0.6) is 0 Å². The van der Waals surface area contributed by atoms with Gasteiger partial charge in [-0.25, -0.2) is 4.98 Å². The van der Waals surface area contributed by atoms with Crippen LogP contribution in [-0.4, -0.2) is 68.2 Å². The van der Waals surface area contributed by atoms with E-state index in [1.54, 1.807) is 21.8 Å². The Hall–Kier alpha value is -3.50. The van der Waals surface area contributed by atoms with Crippen LogP contribution >= 0.6 is 34.2 Å². The van der Waals surface area contributed by atoms with Gasteiger partial charge in [-0.3, -0.25) is 14.0 Å². The van der Waals surface area contributed by atoms with E-state index in [0.717, 1.165) is 69.3 Å². The van der Waals surface area contributed by atoms with Crippen LogP contribution in [0.3, 0.4) is 0 Å². The third-order valence-corrected chi connectivity index (χ3v) is 11.0. The van der Waals surface area contributed by atoms with Crippen molar-refractivity contribution in [1.82, 2.24) is 24.0 Å². The number of primary amides is 1. The van der Waals surface area contributed by atoms with E-state index in [2.05, 4.69) is 20.4 Å². The van der Waals surface area contributed by atoms with Crippen LogP contribution < -0.4 is 27.1 Å². The molecule has 0 radical (unpaired) electrons. The molecule has 6 heterocycles. The molecule has 0 bridgehead atoms. The quantitative estimate of drug-likeness (QED) is 0.245. The van der Waals surface area contributed by atoms with Crippen LogP contribution in [-0.2, 0) is 11.2 Å². The zero-order valence-corrected chi connectivity index (χ0v) is 25.1. The number of nitrogens with zero attached hydrogens (tertiary/aromatic N) is 6. The van der Waals surface area contributed by atoms with Gasteiger partial charge in [0.1, 0.15) is 11.9 Å². The van der Waals surface area contributed by atoms with Gasteiger partial charge in [-0.2, -0.15) is 4.37 Å². The topological polar surface area (TPSA) is 167 Å². The molecule has 1 saturated carbocycles. The predicted molar refractivity (Wildman–Crippen MR) is 166 cm³/mol. The first-order valence-electron chi connectivity index (χ1n) is 13.8. The lowest BCUT2D eigenvalue weighted by atomic mass is 9.91. The number of ether oxygens (including phenoxy) is 1. The van der Waals surface area contributed by atoms with Crippen molar-refractivity contribution < 1.29 is 9.53 Å². The predicted octanol–water partition coefficient (Wildman–Crippen LogP) is 3.09. The minimum atomic E-state index is -0.620. The number of aromatic nitrogens is 5. The average Bonchev–Trinajstić information content (AvgIpc) is 3.75. The first kappa shape index (κ1) is 27.3. The minimum Gasteiger partial charge on any atom is -0.378 e. The largest absolute Gasteiger partial charge is 0.378 e. The van der Waals surface area contributed by atoms with Crippen molar-refractivity contribution in [2.24, 2.45) is 11.5 Å². The molecule has 2 aliphatic rings. The summed E-state index contributed by atoms with van der Waals surface area (Å²) in [5, 5.41) is 14.7. The zero-order chi connectivity index (χ0) is 28.8. The van der Waals surface area contributed by atoms with E-state index >= 15 is 0 Å². The maximum Gasteiger partial charge on any atom is 0.254 e. The second kappa shape index (κ2) is 11.3. The normalized spacial score (nSPS) is 19.5. The third kappa shape index (κ3) is 5.04. The van der Waals surface area contributed by atoms with Gasteiger partial charge in [0.2, 0.25) is 5.95 Å². The Labute approximate surface area is 252 Å². The van der Waals surface area contributed by atoms with E-state index in [4.69, 9.17) is 25.6 Å². The fourth-order valence-corrected chi connectivity index (χ4v) is 8.74. The lowest BCUT2D eigenvalue weighted by Crippen LogP contribution is -2.43. The van der Waals surface area contributed by atoms with Gasteiger partial charge >= 0.3 is 0 Å². The molecule has 2 atom stereocenters. The van der Waals surface area contributed by atoms with Gasteiger partial charge in [0.25, 0.3) is 5.91 Å². The maximum absolute atomic E-state index is 13.0. The van der Waals surface area contributed by atoms with Crippen LogP contribution in [0.1, 0.15) is 46.6 Å². The van der Waals surface area contributed by atoms with Crippen molar-refractivity contribution in [3.05, 3.63) is 50.2 Å². The van der Waals surface area contributed by atoms with Crippen molar-refractivity contribution in [2.45, 2.75) is 44.2 Å². The highest BCUT2D eigenvalue weighted by atomic mass is 32.1. The van der Waals surface area contributed by atoms with Crippen LogP contribution in [0.25, 0.3) is 26.3 Å². The number of morpholine rings is 1. The van der Waals surface area contributed by atoms with E-state index in [9.17, 15) is 9.59 Å². The Kier molecular flexibility index (Phi) is 7.35. The Balaban J connectivity index is 1.23. The van der Waals surface area contributed by atoms with Gasteiger partial charge in [0.15, 0.2) is 11.1 Å². The summed E-state index contributed by atoms with van der Waals surface area (Å²) in [6, 6.07) is 3.79. The molecule has 1 amide bonds. The number of nitrogens with two attached hydrogens (primary N) is 2. The highest BCUT2D eigenvalue weighted by Crippen LogP contribution is 2.39. The molecule has 1 aliphatic carbocycles. The van der Waals surface area contributed by atoms with Crippen LogP contribution in [0, 0.1) is 0 Å². The Morgan fingerprint density at radius 3 is 2.81 bits per heavy atom. The second-order valence-electron chi connectivity index (χ2n) is 10.6. The molecule has 5 aromatic rings. The van der Waals surface area contributed by atoms with E-state index in [1.807, 2.05) is 11.4 Å². The second-order valence-corrected chi connectivity index (χ2v) is 13.4. The van der Waals surface area contributed by atoms with Gasteiger partial charge in [-0.15, -0.1) is 32.9 Å². The number of nitrogens with one attached hydrogen (secondary N) is 1. The fraction of sp³-hybridized carbons (Fsp3) is 0.407. The highest BCUT2D eigenvalue weighted by Gasteiger charge is 2.26. The summed E-state index contributed by atoms with van der Waals surface area (Å²) >= 11 is 4.39. The molecule has 1 aliphatic heterocycles. The Morgan fingerprint density at radius 2 is 2.00 bits per heavy atom. The molecule has 5 aromatic heterocycles. The van der Waals surface area contributed by atoms with Crippen molar-refractivity contribution in [1.29, 1.82) is 0 Å². The first-order valence-corrected chi connectivity index (χ1v) is 16.3. The van der Waals surface area contributed by atoms with Crippen molar-refractivity contribution in [3.8, 4) is 11.3 Å². The summed E-state index contributed by atoms with van der Waals surface area (Å²) in [4.78, 5) is 33.6. The molecule has 218 valence electrons. The molecule has 0 spiro atoms. The number of thiophene rings is 1. The first-order chi connectivity index (χ1) is 20.5. The summed E-state index contributed by atoms with van der Waals surface area (Å²) in [6.45, 7) is 2.82. The average molecular weight is 624 g/mol. The molecular formula is C27H29N9O3S3. The summed E-state index contributed by atoms with van der Waals surface area (Å²) in [7, 11) is 0. The van der Waals surface area contributed by atoms with E-state index < -0.39 is 5.91 Å². The molecule has 12 nitrogen and oxygen atoms in total. The number of rotatable bonds is 7. The Bertz CT molecular complexity index is 1840. The number of hydrogen-bond acceptors (Lipinski definition) is 13. The lowest BCUT2D eigenvalue weighted by molar-refractivity contribution is 0.1000. The molecule has 2 fully saturated rings. The van der Waals surface area contributed by atoms with Gasteiger partial charge < -0.3 is 26.4 Å². The third-order valence-electron chi connectivity index (χ3n) is 7.84. The molecular weight excluding hydrogens is 595 g/mol. The molecule has 5 N–H and O–H groups in total. The highest BCUT2D eigenvalue weighted by molar-refractivity contribution is 7.28. The number of anilines is 2. The van der Waals surface area contributed by atoms with Gasteiger partial charge in [0.05, 0.1) is 39.0 Å². The van der Waals surface area contributed by atoms with Crippen molar-refractivity contribution >= 4 is 66.1 Å². The van der Waals surface area contributed by atoms with Crippen molar-refractivity contribution in [2.75, 3.05) is 36.5 Å². The number of hydrogen-bond donors (Lipinski definition) is 3. The minimum absolute atomic E-state index is 0.00954. The smallest absolute Gasteiger partial charge is 0.254 e. The molecule has 0 aromatic carbocycles. The van der Waals surface area contributed by atoms with E-state index in [-0.39, 0.29) is 23.1 Å². The van der Waals surface area contributed by atoms with Gasteiger partial charge in [0, 0.05) is 53.5 Å². The van der Waals surface area contributed by atoms with E-state index in [1.165, 1.54) is 29.2 Å². The number of carbonyl (C=O) groups excluding carboxylic acids is 1. The molecule has 42 heavy (non-hydrogen) atoms. The monoisotopic (exact) mass is 623 g/mol. The lowest BCUT2D eigenvalue weighted by Gasteiger charge is -2.30. The van der Waals surface area contributed by atoms with Gasteiger partial charge in [-0.1, -0.05) is 12.8 Å². The Morgan fingerprint density at radius 1 is 1.17 bits per heavy atom. The summed E-state index contributed by atoms with van der Waals surface area (Å²) < 4.78 is 13.5. The standard InChI is InChI=1S/C27H29N9O3S3/c28-16-3-1-2-4-17(16)31-27-32-19(22(25(29)38)26-33-30-13-36(26)27)10-14-9-18(34-42-14)15-12-40-24-20(37)11-21(41-23(15)24)35-5-7-39-8-6-35/h9,11-13,16-17H,1-8,10,28H2,(H2,29,38)(H,31,32)/t16-,17+/m1/s1. The van der Waals surface area contributed by atoms with Crippen LogP contribution in [0.4, 0.5) is 10.9 Å². The summed E-state index contributed by atoms with van der Waals surface area (Å²) in [6.07, 6.45) is 5.94. The number of fused-ring (bicyclic) bond motifs is 2. The van der Waals surface area contributed by atoms with Crippen molar-refractivity contribution in [3.63, 3.8) is 0 Å². The molecule has 7 rings (SSSR count). The number of carbonyl (C=O) groups is 1. The molecule has 1 saturated heterocycles. The molecule has 0 unspecified atom stereocenters. The maximum atomic E-state index is 13.0. The van der Waals surface area contributed by atoms with E-state index in [0.29, 0.717) is 36.9 Å².